The first-order valence-electron chi connectivity index (χ1n) is 8.72. The van der Waals surface area contributed by atoms with Crippen molar-refractivity contribution in [1.82, 2.24) is 29.6 Å². The van der Waals surface area contributed by atoms with Crippen molar-refractivity contribution in [2.75, 3.05) is 10.6 Å². The first kappa shape index (κ1) is 18.6. The lowest BCUT2D eigenvalue weighted by atomic mass is 10.3. The molecule has 0 aromatic carbocycles. The van der Waals surface area contributed by atoms with Gasteiger partial charge >= 0.3 is 6.09 Å². The van der Waals surface area contributed by atoms with E-state index in [0.29, 0.717) is 33.5 Å². The molecule has 29 heavy (non-hydrogen) atoms. The minimum absolute atomic E-state index is 0.357. The Hall–Kier alpha value is -3.79. The predicted molar refractivity (Wildman–Crippen MR) is 110 cm³/mol. The number of halogens is 1. The van der Waals surface area contributed by atoms with Crippen molar-refractivity contribution in [3.63, 3.8) is 0 Å². The molecule has 0 unspecified atom stereocenters. The van der Waals surface area contributed by atoms with Gasteiger partial charge in [-0.25, -0.2) is 4.79 Å². The molecule has 148 valence electrons. The highest BCUT2D eigenvalue weighted by atomic mass is 35.5. The highest BCUT2D eigenvalue weighted by Crippen LogP contribution is 2.30. The smallest absolute Gasteiger partial charge is 0.415 e. The molecule has 0 bridgehead atoms. The van der Waals surface area contributed by atoms with Crippen molar-refractivity contribution in [2.24, 2.45) is 0 Å². The van der Waals surface area contributed by atoms with Gasteiger partial charge in [0.1, 0.15) is 11.5 Å². The summed E-state index contributed by atoms with van der Waals surface area (Å²) in [5.41, 5.74) is 1.94. The summed E-state index contributed by atoms with van der Waals surface area (Å²) in [4.78, 5) is 24.2. The number of aromatic nitrogens is 5. The normalized spacial score (nSPS) is 13.4. The van der Waals surface area contributed by atoms with E-state index < -0.39 is 6.09 Å². The third-order valence-electron chi connectivity index (χ3n) is 4.12. The number of rotatable bonds is 5. The molecule has 4 rings (SSSR count). The maximum Gasteiger partial charge on any atom is 0.415 e. The van der Waals surface area contributed by atoms with E-state index in [0.717, 1.165) is 17.1 Å². The summed E-state index contributed by atoms with van der Waals surface area (Å²) in [6, 6.07) is 0. The lowest BCUT2D eigenvalue weighted by Crippen LogP contribution is -2.16. The van der Waals surface area contributed by atoms with Crippen LogP contribution in [-0.4, -0.2) is 40.8 Å². The monoisotopic (exact) mass is 412 g/mol. The molecule has 1 aliphatic rings. The van der Waals surface area contributed by atoms with E-state index in [1.165, 1.54) is 12.4 Å². The van der Waals surface area contributed by atoms with Crippen molar-refractivity contribution >= 4 is 46.2 Å². The Kier molecular flexibility index (Phi) is 4.92. The number of nitrogens with zero attached hydrogens (tertiary/aromatic N) is 5. The molecule has 4 heterocycles. The predicted octanol–water partition coefficient (Wildman–Crippen LogP) is 3.89. The number of allylic oxidation sites excluding steroid dienone is 3. The first-order valence-corrected chi connectivity index (χ1v) is 9.10. The Morgan fingerprint density at radius 1 is 1.31 bits per heavy atom. The number of aromatic amines is 1. The summed E-state index contributed by atoms with van der Waals surface area (Å²) < 4.78 is 1.78. The topological polar surface area (TPSA) is 124 Å². The number of amides is 1. The van der Waals surface area contributed by atoms with Gasteiger partial charge < -0.3 is 20.7 Å². The zero-order valence-electron chi connectivity index (χ0n) is 15.3. The number of anilines is 3. The van der Waals surface area contributed by atoms with Crippen LogP contribution in [0.5, 0.6) is 0 Å². The molecule has 0 atom stereocenters. The van der Waals surface area contributed by atoms with Gasteiger partial charge in [0, 0.05) is 37.0 Å². The van der Waals surface area contributed by atoms with Crippen molar-refractivity contribution in [3.8, 4) is 0 Å². The summed E-state index contributed by atoms with van der Waals surface area (Å²) in [5.74, 6) is 0.829. The van der Waals surface area contributed by atoms with Gasteiger partial charge in [-0.05, 0) is 25.2 Å². The number of fused-ring (bicyclic) bond motifs is 1. The zero-order chi connectivity index (χ0) is 20.4. The van der Waals surface area contributed by atoms with E-state index in [1.807, 2.05) is 13.1 Å². The van der Waals surface area contributed by atoms with E-state index in [-0.39, 0.29) is 0 Å². The fourth-order valence-electron chi connectivity index (χ4n) is 2.72. The third kappa shape index (κ3) is 3.92. The van der Waals surface area contributed by atoms with Crippen LogP contribution in [0.4, 0.5) is 22.2 Å². The molecule has 3 aromatic heterocycles. The molecule has 3 aromatic rings. The molecule has 1 amide bonds. The van der Waals surface area contributed by atoms with Gasteiger partial charge in [0.25, 0.3) is 0 Å². The number of nitrogens with one attached hydrogen (secondary N) is 3. The van der Waals surface area contributed by atoms with Crippen LogP contribution in [0, 0.1) is 0 Å². The molecular formula is C18H17ClN8O2. The van der Waals surface area contributed by atoms with Gasteiger partial charge in [-0.2, -0.15) is 15.1 Å². The molecule has 0 saturated carbocycles. The quantitative estimate of drug-likeness (QED) is 0.501. The van der Waals surface area contributed by atoms with Crippen molar-refractivity contribution in [1.29, 1.82) is 0 Å². The number of carboxylic acid groups (broad SMARTS) is 1. The summed E-state index contributed by atoms with van der Waals surface area (Å²) in [5, 5.41) is 20.7. The molecular weight excluding hydrogens is 396 g/mol. The van der Waals surface area contributed by atoms with Crippen LogP contribution in [0.3, 0.4) is 0 Å². The third-order valence-corrected chi connectivity index (χ3v) is 4.42. The zero-order valence-corrected chi connectivity index (χ0v) is 16.1. The van der Waals surface area contributed by atoms with Crippen LogP contribution in [0.15, 0.2) is 54.9 Å². The van der Waals surface area contributed by atoms with Gasteiger partial charge in [-0.1, -0.05) is 11.6 Å². The van der Waals surface area contributed by atoms with Crippen molar-refractivity contribution < 1.29 is 9.90 Å². The number of hydrogen-bond acceptors (Lipinski definition) is 6. The standard InChI is InChI=1S/C18H17ClN8O2/c1-2-27-10-12(8-21-27)23-17-24-15-14(13(19)9-20-15)16(25-17)22-11-4-3-6-26(7-5-11)18(28)29/h3-10H,2H2,1H3,(H,28,29)(H3,20,22,23,24,25). The molecule has 0 fully saturated rings. The number of H-pyrrole nitrogens is 1. The maximum absolute atomic E-state index is 11.1. The Labute approximate surface area is 170 Å². The maximum atomic E-state index is 11.1. The molecule has 0 radical (unpaired) electrons. The van der Waals surface area contributed by atoms with Crippen LogP contribution in [-0.2, 0) is 6.54 Å². The summed E-state index contributed by atoms with van der Waals surface area (Å²) >= 11 is 6.30. The fourth-order valence-corrected chi connectivity index (χ4v) is 2.96. The SMILES string of the molecule is CCn1cc(Nc2nc(NC3=CC=CN(C(=O)O)C=C3)c3c(Cl)c[nH]c3n2)cn1. The lowest BCUT2D eigenvalue weighted by Gasteiger charge is -2.10. The fraction of sp³-hybridized carbons (Fsp3) is 0.111. The lowest BCUT2D eigenvalue weighted by molar-refractivity contribution is 0.175. The van der Waals surface area contributed by atoms with Crippen LogP contribution in [0.25, 0.3) is 11.0 Å². The Balaban J connectivity index is 1.66. The van der Waals surface area contributed by atoms with Gasteiger partial charge in [0.15, 0.2) is 0 Å². The molecule has 0 saturated heterocycles. The Morgan fingerprint density at radius 3 is 2.93 bits per heavy atom. The van der Waals surface area contributed by atoms with E-state index >= 15 is 0 Å². The second-order valence-electron chi connectivity index (χ2n) is 6.06. The van der Waals surface area contributed by atoms with E-state index in [2.05, 4.69) is 30.7 Å². The highest BCUT2D eigenvalue weighted by molar-refractivity contribution is 6.36. The van der Waals surface area contributed by atoms with Crippen LogP contribution < -0.4 is 10.6 Å². The highest BCUT2D eigenvalue weighted by Gasteiger charge is 2.15. The minimum atomic E-state index is -1.08. The minimum Gasteiger partial charge on any atom is -0.464 e. The largest absolute Gasteiger partial charge is 0.464 e. The Morgan fingerprint density at radius 2 is 2.17 bits per heavy atom. The number of hydrogen-bond donors (Lipinski definition) is 4. The van der Waals surface area contributed by atoms with Gasteiger partial charge in [0.05, 0.1) is 22.3 Å². The van der Waals surface area contributed by atoms with Crippen LogP contribution in [0.2, 0.25) is 5.02 Å². The molecule has 11 heteroatoms. The molecule has 10 nitrogen and oxygen atoms in total. The molecule has 1 aliphatic heterocycles. The molecule has 4 N–H and O–H groups in total. The van der Waals surface area contributed by atoms with Gasteiger partial charge in [0.2, 0.25) is 5.95 Å². The summed E-state index contributed by atoms with van der Waals surface area (Å²) in [6.45, 7) is 2.75. The van der Waals surface area contributed by atoms with E-state index in [9.17, 15) is 4.79 Å². The van der Waals surface area contributed by atoms with Crippen molar-refractivity contribution in [2.45, 2.75) is 13.5 Å². The average molecular weight is 413 g/mol. The van der Waals surface area contributed by atoms with Gasteiger partial charge in [-0.15, -0.1) is 0 Å². The van der Waals surface area contributed by atoms with Crippen molar-refractivity contribution in [3.05, 3.63) is 59.9 Å². The van der Waals surface area contributed by atoms with Gasteiger partial charge in [-0.3, -0.25) is 9.58 Å². The second kappa shape index (κ2) is 7.68. The van der Waals surface area contributed by atoms with Crippen LogP contribution in [0.1, 0.15) is 6.92 Å². The summed E-state index contributed by atoms with van der Waals surface area (Å²) in [6.07, 6.45) is 11.9. The number of carbonyl (C=O) groups is 1. The van der Waals surface area contributed by atoms with E-state index in [4.69, 9.17) is 16.7 Å². The molecule has 0 aliphatic carbocycles. The van der Waals surface area contributed by atoms with E-state index in [1.54, 1.807) is 35.3 Å². The van der Waals surface area contributed by atoms with Crippen LogP contribution >= 0.6 is 11.6 Å². The first-order chi connectivity index (χ1) is 14.0. The summed E-state index contributed by atoms with van der Waals surface area (Å²) in [7, 11) is 0. The number of aryl methyl sites for hydroxylation is 1. The average Bonchev–Trinajstić information content (AvgIpc) is 3.22. The second-order valence-corrected chi connectivity index (χ2v) is 6.47. The Bertz CT molecular complexity index is 1160. The molecule has 0 spiro atoms.